The second kappa shape index (κ2) is 5.04. The lowest BCUT2D eigenvalue weighted by atomic mass is 9.78. The topological polar surface area (TPSA) is 38.7 Å². The number of aliphatic hydroxyl groups is 1. The van der Waals surface area contributed by atoms with Crippen LogP contribution >= 0.6 is 0 Å². The van der Waals surface area contributed by atoms with Crippen molar-refractivity contribution in [2.75, 3.05) is 6.61 Å². The molecular weight excluding hydrogens is 240 g/mol. The quantitative estimate of drug-likeness (QED) is 0.905. The largest absolute Gasteiger partial charge is 0.493 e. The zero-order valence-corrected chi connectivity index (χ0v) is 11.7. The van der Waals surface area contributed by atoms with Crippen LogP contribution < -0.4 is 9.47 Å². The molecule has 0 bridgehead atoms. The molecule has 3 nitrogen and oxygen atoms in total. The van der Waals surface area contributed by atoms with E-state index in [0.29, 0.717) is 12.5 Å². The summed E-state index contributed by atoms with van der Waals surface area (Å²) in [6.07, 6.45) is 4.18. The highest BCUT2D eigenvalue weighted by Crippen LogP contribution is 2.44. The van der Waals surface area contributed by atoms with Gasteiger partial charge in [0.2, 0.25) is 0 Å². The maximum atomic E-state index is 10.5. The summed E-state index contributed by atoms with van der Waals surface area (Å²) < 4.78 is 11.5. The average molecular weight is 262 g/mol. The minimum Gasteiger partial charge on any atom is -0.493 e. The fourth-order valence-corrected chi connectivity index (χ4v) is 2.98. The van der Waals surface area contributed by atoms with Gasteiger partial charge in [-0.1, -0.05) is 6.42 Å². The van der Waals surface area contributed by atoms with Gasteiger partial charge in [-0.15, -0.1) is 0 Å². The van der Waals surface area contributed by atoms with Crippen molar-refractivity contribution in [1.29, 1.82) is 0 Å². The number of aliphatic hydroxyl groups excluding tert-OH is 1. The van der Waals surface area contributed by atoms with Gasteiger partial charge in [0.15, 0.2) is 0 Å². The van der Waals surface area contributed by atoms with E-state index in [4.69, 9.17) is 9.47 Å². The molecule has 0 aromatic heterocycles. The summed E-state index contributed by atoms with van der Waals surface area (Å²) in [6.45, 7) is 4.67. The highest BCUT2D eigenvalue weighted by molar-refractivity contribution is 5.49. The van der Waals surface area contributed by atoms with E-state index in [0.717, 1.165) is 36.3 Å². The van der Waals surface area contributed by atoms with E-state index in [1.807, 2.05) is 13.0 Å². The van der Waals surface area contributed by atoms with E-state index in [2.05, 4.69) is 13.0 Å². The summed E-state index contributed by atoms with van der Waals surface area (Å²) in [5.74, 6) is 2.14. The second-order valence-electron chi connectivity index (χ2n) is 5.70. The first-order valence-corrected chi connectivity index (χ1v) is 7.33. The summed E-state index contributed by atoms with van der Waals surface area (Å²) >= 11 is 0. The summed E-state index contributed by atoms with van der Waals surface area (Å²) in [7, 11) is 0. The van der Waals surface area contributed by atoms with Crippen molar-refractivity contribution in [3.05, 3.63) is 23.3 Å². The molecule has 2 atom stereocenters. The maximum Gasteiger partial charge on any atom is 0.125 e. The highest BCUT2D eigenvalue weighted by Gasteiger charge is 2.31. The van der Waals surface area contributed by atoms with Gasteiger partial charge in [-0.2, -0.15) is 0 Å². The smallest absolute Gasteiger partial charge is 0.125 e. The number of fused-ring (bicyclic) bond motifs is 1. The standard InChI is InChI=1S/C16H22O3/c1-3-18-15-8-12-7-10(2)19-14(12)9-13(15)16(17)11-5-4-6-11/h8-11,16-17H,3-7H2,1-2H3. The molecule has 1 heterocycles. The van der Waals surface area contributed by atoms with Crippen LogP contribution in [0.3, 0.4) is 0 Å². The van der Waals surface area contributed by atoms with Gasteiger partial charge in [0.1, 0.15) is 17.6 Å². The van der Waals surface area contributed by atoms with Crippen LogP contribution in [0.1, 0.15) is 50.3 Å². The van der Waals surface area contributed by atoms with Crippen molar-refractivity contribution < 1.29 is 14.6 Å². The molecule has 1 saturated carbocycles. The molecule has 1 aliphatic heterocycles. The Balaban J connectivity index is 1.94. The van der Waals surface area contributed by atoms with Crippen LogP contribution in [0.5, 0.6) is 11.5 Å². The molecule has 1 fully saturated rings. The van der Waals surface area contributed by atoms with Crippen molar-refractivity contribution in [2.45, 2.75) is 51.7 Å². The highest BCUT2D eigenvalue weighted by atomic mass is 16.5. The first-order chi connectivity index (χ1) is 9.19. The fraction of sp³-hybridized carbons (Fsp3) is 0.625. The summed E-state index contributed by atoms with van der Waals surface area (Å²) in [6, 6.07) is 4.05. The Bertz CT molecular complexity index is 465. The summed E-state index contributed by atoms with van der Waals surface area (Å²) in [5.41, 5.74) is 2.10. The molecular formula is C16H22O3. The maximum absolute atomic E-state index is 10.5. The molecule has 2 aliphatic rings. The Morgan fingerprint density at radius 3 is 2.84 bits per heavy atom. The molecule has 0 saturated heterocycles. The van der Waals surface area contributed by atoms with Gasteiger partial charge in [-0.05, 0) is 44.7 Å². The lowest BCUT2D eigenvalue weighted by molar-refractivity contribution is 0.0593. The minimum atomic E-state index is -0.417. The van der Waals surface area contributed by atoms with Gasteiger partial charge in [0.05, 0.1) is 12.7 Å². The van der Waals surface area contributed by atoms with Crippen LogP contribution in [-0.2, 0) is 6.42 Å². The normalized spacial score (nSPS) is 23.4. The van der Waals surface area contributed by atoms with Crippen LogP contribution in [-0.4, -0.2) is 17.8 Å². The number of hydrogen-bond donors (Lipinski definition) is 1. The zero-order chi connectivity index (χ0) is 13.4. The van der Waals surface area contributed by atoms with E-state index in [9.17, 15) is 5.11 Å². The van der Waals surface area contributed by atoms with Crippen LogP contribution in [0.2, 0.25) is 0 Å². The van der Waals surface area contributed by atoms with Crippen LogP contribution in [0.15, 0.2) is 12.1 Å². The third-order valence-corrected chi connectivity index (χ3v) is 4.24. The minimum absolute atomic E-state index is 0.223. The lowest BCUT2D eigenvalue weighted by Crippen LogP contribution is -2.20. The molecule has 1 aromatic carbocycles. The fourth-order valence-electron chi connectivity index (χ4n) is 2.98. The molecule has 2 unspecified atom stereocenters. The molecule has 1 aromatic rings. The van der Waals surface area contributed by atoms with E-state index in [1.165, 1.54) is 12.0 Å². The average Bonchev–Trinajstić information content (AvgIpc) is 2.65. The predicted molar refractivity (Wildman–Crippen MR) is 73.7 cm³/mol. The Morgan fingerprint density at radius 2 is 2.21 bits per heavy atom. The summed E-state index contributed by atoms with van der Waals surface area (Å²) in [5, 5.41) is 10.5. The van der Waals surface area contributed by atoms with Crippen LogP contribution in [0.25, 0.3) is 0 Å². The number of rotatable bonds is 4. The van der Waals surface area contributed by atoms with E-state index < -0.39 is 6.10 Å². The first kappa shape index (κ1) is 12.8. The van der Waals surface area contributed by atoms with Gasteiger partial charge >= 0.3 is 0 Å². The predicted octanol–water partition coefficient (Wildman–Crippen LogP) is 3.24. The monoisotopic (exact) mass is 262 g/mol. The Kier molecular flexibility index (Phi) is 3.40. The van der Waals surface area contributed by atoms with Gasteiger partial charge in [-0.3, -0.25) is 0 Å². The molecule has 0 spiro atoms. The van der Waals surface area contributed by atoms with E-state index >= 15 is 0 Å². The van der Waals surface area contributed by atoms with Crippen molar-refractivity contribution in [2.24, 2.45) is 5.92 Å². The number of hydrogen-bond acceptors (Lipinski definition) is 3. The van der Waals surface area contributed by atoms with Gasteiger partial charge < -0.3 is 14.6 Å². The van der Waals surface area contributed by atoms with Crippen LogP contribution in [0.4, 0.5) is 0 Å². The van der Waals surface area contributed by atoms with Crippen molar-refractivity contribution >= 4 is 0 Å². The number of benzene rings is 1. The van der Waals surface area contributed by atoms with Crippen molar-refractivity contribution in [3.8, 4) is 11.5 Å². The molecule has 0 radical (unpaired) electrons. The Hall–Kier alpha value is -1.22. The zero-order valence-electron chi connectivity index (χ0n) is 11.7. The second-order valence-corrected chi connectivity index (χ2v) is 5.70. The third-order valence-electron chi connectivity index (χ3n) is 4.24. The Morgan fingerprint density at radius 1 is 1.42 bits per heavy atom. The molecule has 0 amide bonds. The molecule has 1 aliphatic carbocycles. The van der Waals surface area contributed by atoms with Gasteiger partial charge in [0, 0.05) is 17.5 Å². The SMILES string of the molecule is CCOc1cc2c(cc1C(O)C1CCC1)OC(C)C2. The van der Waals surface area contributed by atoms with Gasteiger partial charge in [0.25, 0.3) is 0 Å². The van der Waals surface area contributed by atoms with E-state index in [-0.39, 0.29) is 6.10 Å². The van der Waals surface area contributed by atoms with Crippen molar-refractivity contribution in [3.63, 3.8) is 0 Å². The molecule has 19 heavy (non-hydrogen) atoms. The first-order valence-electron chi connectivity index (χ1n) is 7.33. The molecule has 104 valence electrons. The molecule has 3 rings (SSSR count). The molecule has 1 N–H and O–H groups in total. The Labute approximate surface area is 114 Å². The van der Waals surface area contributed by atoms with E-state index in [1.54, 1.807) is 0 Å². The lowest BCUT2D eigenvalue weighted by Gasteiger charge is -2.31. The summed E-state index contributed by atoms with van der Waals surface area (Å²) in [4.78, 5) is 0. The van der Waals surface area contributed by atoms with Gasteiger partial charge in [-0.25, -0.2) is 0 Å². The number of ether oxygens (including phenoxy) is 2. The van der Waals surface area contributed by atoms with Crippen LogP contribution in [0, 0.1) is 5.92 Å². The third kappa shape index (κ3) is 2.32. The molecule has 3 heteroatoms. The van der Waals surface area contributed by atoms with Crippen molar-refractivity contribution in [1.82, 2.24) is 0 Å².